The number of benzene rings is 1. The summed E-state index contributed by atoms with van der Waals surface area (Å²) in [6.45, 7) is 3.39. The van der Waals surface area contributed by atoms with Crippen LogP contribution >= 0.6 is 0 Å². The van der Waals surface area contributed by atoms with Crippen molar-refractivity contribution in [3.05, 3.63) is 83.6 Å². The molecule has 3 aromatic heterocycles. The van der Waals surface area contributed by atoms with Gasteiger partial charge in [0.2, 0.25) is 0 Å². The van der Waals surface area contributed by atoms with Gasteiger partial charge < -0.3 is 9.52 Å². The smallest absolute Gasteiger partial charge is 0.139 e. The molecule has 7 heteroatoms. The Morgan fingerprint density at radius 3 is 2.86 bits per heavy atom. The second-order valence-electron chi connectivity index (χ2n) is 7.45. The zero-order valence-electron chi connectivity index (χ0n) is 16.3. The van der Waals surface area contributed by atoms with Gasteiger partial charge in [0, 0.05) is 38.4 Å². The van der Waals surface area contributed by atoms with Crippen LogP contribution in [0.25, 0.3) is 11.3 Å². The van der Waals surface area contributed by atoms with Crippen LogP contribution in [0.3, 0.4) is 0 Å². The van der Waals surface area contributed by atoms with Crippen LogP contribution in [0, 0.1) is 0 Å². The molecule has 0 fully saturated rings. The van der Waals surface area contributed by atoms with Crippen LogP contribution < -0.4 is 0 Å². The van der Waals surface area contributed by atoms with E-state index >= 15 is 0 Å². The van der Waals surface area contributed by atoms with Crippen LogP contribution in [-0.4, -0.2) is 36.1 Å². The summed E-state index contributed by atoms with van der Waals surface area (Å²) in [6.07, 6.45) is 2.62. The molecule has 0 radical (unpaired) electrons. The predicted molar refractivity (Wildman–Crippen MR) is 108 cm³/mol. The molecule has 1 aromatic carbocycles. The largest absolute Gasteiger partial charge is 0.464 e. The minimum atomic E-state index is -0.765. The van der Waals surface area contributed by atoms with E-state index in [1.165, 1.54) is 5.56 Å². The molecule has 0 bridgehead atoms. The normalized spacial score (nSPS) is 15.4. The highest BCUT2D eigenvalue weighted by Crippen LogP contribution is 2.25. The molecule has 0 saturated carbocycles. The average Bonchev–Trinajstić information content (AvgIpc) is 3.48. The molecule has 0 amide bonds. The van der Waals surface area contributed by atoms with Crippen molar-refractivity contribution in [1.29, 1.82) is 0 Å². The van der Waals surface area contributed by atoms with Gasteiger partial charge in [-0.15, -0.1) is 0 Å². The average molecular weight is 389 g/mol. The maximum absolute atomic E-state index is 10.7. The van der Waals surface area contributed by atoms with E-state index in [1.54, 1.807) is 17.1 Å². The lowest BCUT2D eigenvalue weighted by Gasteiger charge is -2.27. The monoisotopic (exact) mass is 389 g/mol. The highest BCUT2D eigenvalue weighted by Gasteiger charge is 2.23. The first kappa shape index (κ1) is 17.9. The van der Waals surface area contributed by atoms with Gasteiger partial charge in [0.05, 0.1) is 29.9 Å². The lowest BCUT2D eigenvalue weighted by molar-refractivity contribution is 0.196. The molecule has 29 heavy (non-hydrogen) atoms. The van der Waals surface area contributed by atoms with Crippen molar-refractivity contribution in [2.24, 2.45) is 7.05 Å². The van der Waals surface area contributed by atoms with E-state index in [0.717, 1.165) is 48.9 Å². The fraction of sp³-hybridized carbons (Fsp3) is 0.273. The minimum absolute atomic E-state index is 0.672. The van der Waals surface area contributed by atoms with Crippen molar-refractivity contribution in [3.63, 3.8) is 0 Å². The Hall–Kier alpha value is -3.16. The van der Waals surface area contributed by atoms with Gasteiger partial charge in [-0.3, -0.25) is 14.3 Å². The molecule has 4 heterocycles. The van der Waals surface area contributed by atoms with E-state index in [-0.39, 0.29) is 0 Å². The van der Waals surface area contributed by atoms with E-state index < -0.39 is 6.10 Å². The van der Waals surface area contributed by atoms with E-state index in [9.17, 15) is 5.11 Å². The molecule has 0 spiro atoms. The van der Waals surface area contributed by atoms with Crippen molar-refractivity contribution in [2.75, 3.05) is 6.54 Å². The summed E-state index contributed by atoms with van der Waals surface area (Å²) >= 11 is 0. The number of fused-ring (bicyclic) bond motifs is 1. The zero-order valence-corrected chi connectivity index (χ0v) is 16.3. The molecule has 7 nitrogen and oxygen atoms in total. The molecule has 1 aliphatic heterocycles. The highest BCUT2D eigenvalue weighted by atomic mass is 16.3. The third-order valence-corrected chi connectivity index (χ3v) is 5.45. The molecule has 5 rings (SSSR count). The van der Waals surface area contributed by atoms with Crippen molar-refractivity contribution < 1.29 is 9.52 Å². The fourth-order valence-corrected chi connectivity index (χ4v) is 3.94. The Labute approximate surface area is 168 Å². The van der Waals surface area contributed by atoms with Crippen molar-refractivity contribution in [3.8, 4) is 11.3 Å². The number of nitrogens with zero attached hydrogens (tertiary/aromatic N) is 5. The lowest BCUT2D eigenvalue weighted by atomic mass is 10.1. The van der Waals surface area contributed by atoms with Crippen molar-refractivity contribution in [1.82, 2.24) is 24.5 Å². The molecule has 0 aliphatic carbocycles. The van der Waals surface area contributed by atoms with E-state index in [1.807, 2.05) is 36.0 Å². The first-order valence-electron chi connectivity index (χ1n) is 9.75. The third kappa shape index (κ3) is 3.50. The number of rotatable bonds is 5. The maximum Gasteiger partial charge on any atom is 0.139 e. The Morgan fingerprint density at radius 2 is 2.07 bits per heavy atom. The Bertz CT molecular complexity index is 1110. The van der Waals surface area contributed by atoms with Gasteiger partial charge in [0.25, 0.3) is 0 Å². The first-order valence-corrected chi connectivity index (χ1v) is 9.75. The van der Waals surface area contributed by atoms with Crippen LogP contribution in [0.1, 0.15) is 28.7 Å². The maximum atomic E-state index is 10.7. The second-order valence-corrected chi connectivity index (χ2v) is 7.45. The van der Waals surface area contributed by atoms with Gasteiger partial charge in [-0.1, -0.05) is 18.2 Å². The van der Waals surface area contributed by atoms with Gasteiger partial charge in [-0.05, 0) is 35.9 Å². The summed E-state index contributed by atoms with van der Waals surface area (Å²) in [5, 5.41) is 19.4. The predicted octanol–water partition coefficient (Wildman–Crippen LogP) is 2.97. The van der Waals surface area contributed by atoms with Crippen LogP contribution in [-0.2, 0) is 26.7 Å². The lowest BCUT2D eigenvalue weighted by Crippen LogP contribution is -2.33. The quantitative estimate of drug-likeness (QED) is 0.568. The Morgan fingerprint density at radius 1 is 1.14 bits per heavy atom. The molecule has 148 valence electrons. The van der Waals surface area contributed by atoms with Crippen molar-refractivity contribution >= 4 is 0 Å². The number of furan rings is 1. The van der Waals surface area contributed by atoms with Crippen LogP contribution in [0.2, 0.25) is 0 Å². The van der Waals surface area contributed by atoms with E-state index in [2.05, 4.69) is 39.4 Å². The van der Waals surface area contributed by atoms with Crippen LogP contribution in [0.15, 0.2) is 65.4 Å². The molecule has 0 saturated heterocycles. The molecular formula is C22H23N5O2. The van der Waals surface area contributed by atoms with Gasteiger partial charge >= 0.3 is 0 Å². The van der Waals surface area contributed by atoms with E-state index in [0.29, 0.717) is 5.69 Å². The molecule has 1 atom stereocenters. The number of hydrogen-bond donors (Lipinski definition) is 1. The molecule has 0 unspecified atom stereocenters. The summed E-state index contributed by atoms with van der Waals surface area (Å²) in [5.41, 5.74) is 4.88. The highest BCUT2D eigenvalue weighted by molar-refractivity contribution is 5.58. The Kier molecular flexibility index (Phi) is 4.54. The number of aliphatic hydroxyl groups excluding tert-OH is 1. The van der Waals surface area contributed by atoms with Gasteiger partial charge in [0.15, 0.2) is 0 Å². The minimum Gasteiger partial charge on any atom is -0.464 e. The topological polar surface area (TPSA) is 72.2 Å². The van der Waals surface area contributed by atoms with Crippen LogP contribution in [0.4, 0.5) is 0 Å². The standard InChI is InChI=1S/C22H23N5O2/c1-25-20(7-8-23-25)22(28)19-13-18-15-26(9-10-27(18)24-19)14-16-4-2-5-17(12-16)21-6-3-11-29-21/h2-8,11-13,22,28H,9-10,14-15H2,1H3/t22-/m1/s1. The van der Waals surface area contributed by atoms with Gasteiger partial charge in [0.1, 0.15) is 11.9 Å². The van der Waals surface area contributed by atoms with Gasteiger partial charge in [-0.25, -0.2) is 0 Å². The summed E-state index contributed by atoms with van der Waals surface area (Å²) in [5.74, 6) is 0.886. The number of aromatic nitrogens is 4. The zero-order chi connectivity index (χ0) is 19.8. The number of aliphatic hydroxyl groups is 1. The fourth-order valence-electron chi connectivity index (χ4n) is 3.94. The van der Waals surface area contributed by atoms with Gasteiger partial charge in [-0.2, -0.15) is 10.2 Å². The molecule has 1 N–H and O–H groups in total. The molecule has 1 aliphatic rings. The second kappa shape index (κ2) is 7.35. The first-order chi connectivity index (χ1) is 14.2. The number of aryl methyl sites for hydroxylation is 1. The third-order valence-electron chi connectivity index (χ3n) is 5.45. The summed E-state index contributed by atoms with van der Waals surface area (Å²) in [7, 11) is 1.83. The molecule has 4 aromatic rings. The molecular weight excluding hydrogens is 366 g/mol. The summed E-state index contributed by atoms with van der Waals surface area (Å²) in [6, 6.07) is 16.2. The SMILES string of the molecule is Cn1nccc1[C@H](O)c1cc2n(n1)CCN(Cc1cccc(-c3ccco3)c1)C2. The summed E-state index contributed by atoms with van der Waals surface area (Å²) in [4.78, 5) is 2.40. The van der Waals surface area contributed by atoms with E-state index in [4.69, 9.17) is 4.42 Å². The summed E-state index contributed by atoms with van der Waals surface area (Å²) < 4.78 is 9.21. The number of hydrogen-bond acceptors (Lipinski definition) is 5. The van der Waals surface area contributed by atoms with Crippen molar-refractivity contribution in [2.45, 2.75) is 25.7 Å². The van der Waals surface area contributed by atoms with Crippen LogP contribution in [0.5, 0.6) is 0 Å². The Balaban J connectivity index is 1.31.